The number of nitriles is 1. The number of rotatable bonds is 6. The summed E-state index contributed by atoms with van der Waals surface area (Å²) in [5.41, 5.74) is 0.848. The van der Waals surface area contributed by atoms with E-state index in [4.69, 9.17) is 14.9 Å². The molecular formula is C22H23N7O3S2. The Kier molecular flexibility index (Phi) is 6.87. The number of nitrogens with zero attached hydrogens (tertiary/aromatic N) is 6. The van der Waals surface area contributed by atoms with Gasteiger partial charge in [-0.25, -0.2) is 28.5 Å². The van der Waals surface area contributed by atoms with E-state index in [1.807, 2.05) is 29.4 Å². The molecule has 1 aliphatic heterocycles. The number of thioether (sulfide) groups is 1. The Morgan fingerprint density at radius 3 is 2.44 bits per heavy atom. The van der Waals surface area contributed by atoms with Crippen molar-refractivity contribution >= 4 is 33.4 Å². The minimum atomic E-state index is -4.03. The molecule has 0 amide bonds. The van der Waals surface area contributed by atoms with Gasteiger partial charge < -0.3 is 14.5 Å². The Labute approximate surface area is 202 Å². The third kappa shape index (κ3) is 4.77. The third-order valence-electron chi connectivity index (χ3n) is 5.44. The van der Waals surface area contributed by atoms with E-state index in [1.165, 1.54) is 31.0 Å². The van der Waals surface area contributed by atoms with Crippen LogP contribution in [0.3, 0.4) is 0 Å². The van der Waals surface area contributed by atoms with Gasteiger partial charge in [0.15, 0.2) is 11.6 Å². The number of piperazine rings is 1. The fraction of sp³-hybridized carbons (Fsp3) is 0.273. The average molecular weight is 498 g/mol. The van der Waals surface area contributed by atoms with E-state index in [2.05, 4.69) is 20.9 Å². The van der Waals surface area contributed by atoms with Crippen LogP contribution in [0.5, 0.6) is 5.75 Å². The van der Waals surface area contributed by atoms with Crippen molar-refractivity contribution < 1.29 is 13.2 Å². The fourth-order valence-electron chi connectivity index (χ4n) is 3.76. The molecule has 0 atom stereocenters. The number of pyridine rings is 1. The Hall–Kier alpha value is -3.40. The van der Waals surface area contributed by atoms with Gasteiger partial charge in [-0.3, -0.25) is 0 Å². The maximum Gasteiger partial charge on any atom is 0.241 e. The molecule has 0 spiro atoms. The van der Waals surface area contributed by atoms with Crippen molar-refractivity contribution in [2.75, 3.05) is 49.3 Å². The Balaban J connectivity index is 1.72. The standard InChI is InChI=1S/C22H23N7O3S2/c1-32-17-7-6-15(13-18(17)34(24,30)31)20-26-21(16(14-23)22(27-20)33-2)29-11-9-28(10-12-29)19-5-3-4-8-25-19/h3-8,13H,9-12H2,1-2H3,(H2,24,30,31). The predicted molar refractivity (Wildman–Crippen MR) is 131 cm³/mol. The number of methoxy groups -OCH3 is 1. The summed E-state index contributed by atoms with van der Waals surface area (Å²) in [7, 11) is -2.66. The topological polar surface area (TPSA) is 138 Å². The number of sulfonamides is 1. The second-order valence-electron chi connectivity index (χ2n) is 7.44. The maximum atomic E-state index is 12.1. The van der Waals surface area contributed by atoms with Gasteiger partial charge in [0.05, 0.1) is 7.11 Å². The van der Waals surface area contributed by atoms with Crippen molar-refractivity contribution in [2.24, 2.45) is 5.14 Å². The lowest BCUT2D eigenvalue weighted by Gasteiger charge is -2.36. The van der Waals surface area contributed by atoms with Gasteiger partial charge in [-0.1, -0.05) is 6.07 Å². The molecule has 3 aromatic rings. The number of primary sulfonamides is 1. The molecule has 1 aliphatic rings. The number of nitrogens with two attached hydrogens (primary N) is 1. The lowest BCUT2D eigenvalue weighted by Crippen LogP contribution is -2.47. The van der Waals surface area contributed by atoms with Gasteiger partial charge in [-0.2, -0.15) is 5.26 Å². The molecule has 0 unspecified atom stereocenters. The Morgan fingerprint density at radius 1 is 1.12 bits per heavy atom. The molecule has 4 rings (SSSR count). The van der Waals surface area contributed by atoms with Gasteiger partial charge in [0.1, 0.15) is 33.1 Å². The molecule has 0 saturated carbocycles. The summed E-state index contributed by atoms with van der Waals surface area (Å²) in [6, 6.07) is 12.6. The van der Waals surface area contributed by atoms with E-state index in [0.29, 0.717) is 54.0 Å². The van der Waals surface area contributed by atoms with Gasteiger partial charge >= 0.3 is 0 Å². The molecule has 3 heterocycles. The molecule has 1 aromatic carbocycles. The zero-order chi connectivity index (χ0) is 24.3. The van der Waals surface area contributed by atoms with Gasteiger partial charge in [0, 0.05) is 37.9 Å². The summed E-state index contributed by atoms with van der Waals surface area (Å²) in [6.45, 7) is 2.71. The van der Waals surface area contributed by atoms with Crippen molar-refractivity contribution in [1.29, 1.82) is 5.26 Å². The number of hydrogen-bond acceptors (Lipinski definition) is 10. The van der Waals surface area contributed by atoms with Gasteiger partial charge in [0.25, 0.3) is 0 Å². The largest absolute Gasteiger partial charge is 0.495 e. The maximum absolute atomic E-state index is 12.1. The highest BCUT2D eigenvalue weighted by molar-refractivity contribution is 7.98. The van der Waals surface area contributed by atoms with Gasteiger partial charge in [0.2, 0.25) is 10.0 Å². The molecule has 10 nitrogen and oxygen atoms in total. The Bertz CT molecular complexity index is 1340. The van der Waals surface area contributed by atoms with Crippen molar-refractivity contribution in [2.45, 2.75) is 9.92 Å². The molecule has 0 bridgehead atoms. The molecule has 1 saturated heterocycles. The minimum Gasteiger partial charge on any atom is -0.495 e. The van der Waals surface area contributed by atoms with E-state index < -0.39 is 10.0 Å². The molecule has 0 radical (unpaired) electrons. The van der Waals surface area contributed by atoms with Crippen LogP contribution in [0.25, 0.3) is 11.4 Å². The highest BCUT2D eigenvalue weighted by atomic mass is 32.2. The first-order chi connectivity index (χ1) is 16.4. The van der Waals surface area contributed by atoms with Crippen LogP contribution >= 0.6 is 11.8 Å². The number of anilines is 2. The molecule has 2 N–H and O–H groups in total. The first-order valence-corrected chi connectivity index (χ1v) is 13.1. The predicted octanol–water partition coefficient (Wildman–Crippen LogP) is 2.11. The summed E-state index contributed by atoms with van der Waals surface area (Å²) in [4.78, 5) is 17.7. The first-order valence-electron chi connectivity index (χ1n) is 10.3. The number of aromatic nitrogens is 3. The second-order valence-corrected chi connectivity index (χ2v) is 9.76. The lowest BCUT2D eigenvalue weighted by molar-refractivity contribution is 0.403. The molecule has 1 fully saturated rings. The molecule has 0 aliphatic carbocycles. The van der Waals surface area contributed by atoms with Crippen LogP contribution in [0.2, 0.25) is 0 Å². The number of hydrogen-bond donors (Lipinski definition) is 1. The summed E-state index contributed by atoms with van der Waals surface area (Å²) >= 11 is 1.33. The van der Waals surface area contributed by atoms with Crippen molar-refractivity contribution in [1.82, 2.24) is 15.0 Å². The number of ether oxygens (including phenoxy) is 1. The van der Waals surface area contributed by atoms with Gasteiger partial charge in [-0.15, -0.1) is 11.8 Å². The molecular weight excluding hydrogens is 474 g/mol. The number of benzene rings is 1. The fourth-order valence-corrected chi connectivity index (χ4v) is 5.00. The van der Waals surface area contributed by atoms with Crippen LogP contribution in [0.1, 0.15) is 5.56 Å². The zero-order valence-corrected chi connectivity index (χ0v) is 20.3. The summed E-state index contributed by atoms with van der Waals surface area (Å²) in [6.07, 6.45) is 3.60. The summed E-state index contributed by atoms with van der Waals surface area (Å²) in [5.74, 6) is 1.86. The lowest BCUT2D eigenvalue weighted by atomic mass is 10.2. The average Bonchev–Trinajstić information content (AvgIpc) is 2.87. The van der Waals surface area contributed by atoms with Crippen LogP contribution in [-0.2, 0) is 10.0 Å². The van der Waals surface area contributed by atoms with Crippen molar-refractivity contribution in [3.05, 3.63) is 48.2 Å². The van der Waals surface area contributed by atoms with Crippen LogP contribution in [0.15, 0.2) is 52.5 Å². The first kappa shape index (κ1) is 23.7. The van der Waals surface area contributed by atoms with E-state index >= 15 is 0 Å². The molecule has 2 aromatic heterocycles. The summed E-state index contributed by atoms with van der Waals surface area (Å²) in [5, 5.41) is 15.8. The summed E-state index contributed by atoms with van der Waals surface area (Å²) < 4.78 is 29.3. The zero-order valence-electron chi connectivity index (χ0n) is 18.7. The van der Waals surface area contributed by atoms with E-state index in [-0.39, 0.29) is 10.6 Å². The van der Waals surface area contributed by atoms with Gasteiger partial charge in [-0.05, 0) is 36.6 Å². The van der Waals surface area contributed by atoms with Crippen LogP contribution in [-0.4, -0.2) is 62.9 Å². The van der Waals surface area contributed by atoms with Crippen LogP contribution in [0, 0.1) is 11.3 Å². The SMILES string of the molecule is COc1ccc(-c2nc(SC)c(C#N)c(N3CCN(c4ccccn4)CC3)n2)cc1S(N)(=O)=O. The monoisotopic (exact) mass is 497 g/mol. The van der Waals surface area contributed by atoms with Crippen LogP contribution in [0.4, 0.5) is 11.6 Å². The smallest absolute Gasteiger partial charge is 0.241 e. The van der Waals surface area contributed by atoms with E-state index in [9.17, 15) is 13.7 Å². The normalized spacial score (nSPS) is 14.1. The van der Waals surface area contributed by atoms with E-state index in [1.54, 1.807) is 12.3 Å². The molecule has 176 valence electrons. The second kappa shape index (κ2) is 9.84. The highest BCUT2D eigenvalue weighted by Crippen LogP contribution is 2.33. The minimum absolute atomic E-state index is 0.135. The quantitative estimate of drug-likeness (QED) is 0.398. The molecule has 34 heavy (non-hydrogen) atoms. The van der Waals surface area contributed by atoms with Crippen LogP contribution < -0.4 is 19.7 Å². The molecule has 12 heteroatoms. The third-order valence-corrected chi connectivity index (χ3v) is 7.06. The van der Waals surface area contributed by atoms with E-state index in [0.717, 1.165) is 5.82 Å². The highest BCUT2D eigenvalue weighted by Gasteiger charge is 2.25. The van der Waals surface area contributed by atoms with Crippen molar-refractivity contribution in [3.8, 4) is 23.2 Å². The van der Waals surface area contributed by atoms with Crippen molar-refractivity contribution in [3.63, 3.8) is 0 Å². The Morgan fingerprint density at radius 2 is 1.85 bits per heavy atom.